The fourth-order valence-corrected chi connectivity index (χ4v) is 1.66. The van der Waals surface area contributed by atoms with Crippen LogP contribution < -0.4 is 4.90 Å². The van der Waals surface area contributed by atoms with Gasteiger partial charge in [-0.05, 0) is 19.1 Å². The lowest BCUT2D eigenvalue weighted by atomic mass is 10.1. The zero-order valence-corrected chi connectivity index (χ0v) is 8.84. The van der Waals surface area contributed by atoms with E-state index in [1.807, 2.05) is 31.1 Å². The number of aliphatic hydroxyl groups is 1. The van der Waals surface area contributed by atoms with E-state index in [0.717, 1.165) is 11.3 Å². The molecule has 2 nitrogen and oxygen atoms in total. The van der Waals surface area contributed by atoms with Gasteiger partial charge in [-0.1, -0.05) is 17.7 Å². The molecular formula is C10H14ClNO. The molecule has 1 atom stereocenters. The molecule has 0 bridgehead atoms. The molecule has 3 heteroatoms. The molecule has 1 N–H and O–H groups in total. The third kappa shape index (κ3) is 2.14. The summed E-state index contributed by atoms with van der Waals surface area (Å²) >= 11 is 5.98. The topological polar surface area (TPSA) is 23.5 Å². The second-order valence-electron chi connectivity index (χ2n) is 3.24. The maximum atomic E-state index is 9.52. The summed E-state index contributed by atoms with van der Waals surface area (Å²) < 4.78 is 0. The molecule has 0 aromatic heterocycles. The number of hydrogen-bond acceptors (Lipinski definition) is 2. The lowest BCUT2D eigenvalue weighted by Gasteiger charge is -2.20. The van der Waals surface area contributed by atoms with E-state index in [9.17, 15) is 5.11 Å². The van der Waals surface area contributed by atoms with Crippen LogP contribution in [-0.4, -0.2) is 19.2 Å². The Morgan fingerprint density at radius 1 is 1.38 bits per heavy atom. The highest BCUT2D eigenvalue weighted by Crippen LogP contribution is 2.31. The number of aliphatic hydroxyl groups excluding tert-OH is 1. The Kier molecular flexibility index (Phi) is 3.17. The minimum absolute atomic E-state index is 0.536. The number of benzene rings is 1. The first kappa shape index (κ1) is 10.4. The smallest absolute Gasteiger partial charge is 0.0796 e. The first-order chi connectivity index (χ1) is 6.04. The first-order valence-corrected chi connectivity index (χ1v) is 4.55. The van der Waals surface area contributed by atoms with Crippen LogP contribution in [0.1, 0.15) is 18.6 Å². The molecule has 0 aliphatic rings. The Hall–Kier alpha value is -0.730. The van der Waals surface area contributed by atoms with E-state index in [2.05, 4.69) is 0 Å². The van der Waals surface area contributed by atoms with Crippen LogP contribution in [0.5, 0.6) is 0 Å². The summed E-state index contributed by atoms with van der Waals surface area (Å²) in [6.07, 6.45) is -0.536. The molecule has 0 saturated heterocycles. The summed E-state index contributed by atoms with van der Waals surface area (Å²) in [4.78, 5) is 1.94. The molecule has 0 aliphatic heterocycles. The van der Waals surface area contributed by atoms with Crippen molar-refractivity contribution in [3.05, 3.63) is 28.8 Å². The maximum Gasteiger partial charge on any atom is 0.0796 e. The largest absolute Gasteiger partial charge is 0.389 e. The van der Waals surface area contributed by atoms with Crippen LogP contribution in [0, 0.1) is 0 Å². The number of rotatable bonds is 2. The fourth-order valence-electron chi connectivity index (χ4n) is 1.33. The molecule has 1 aromatic carbocycles. The van der Waals surface area contributed by atoms with Gasteiger partial charge >= 0.3 is 0 Å². The maximum absolute atomic E-state index is 9.52. The van der Waals surface area contributed by atoms with E-state index in [1.165, 1.54) is 0 Å². The Balaban J connectivity index is 3.26. The number of nitrogens with zero attached hydrogens (tertiary/aromatic N) is 1. The van der Waals surface area contributed by atoms with Crippen LogP contribution in [0.2, 0.25) is 5.02 Å². The van der Waals surface area contributed by atoms with Gasteiger partial charge in [0.15, 0.2) is 0 Å². The second kappa shape index (κ2) is 3.99. The van der Waals surface area contributed by atoms with Crippen LogP contribution in [0.4, 0.5) is 5.69 Å². The molecular weight excluding hydrogens is 186 g/mol. The van der Waals surface area contributed by atoms with Crippen molar-refractivity contribution in [2.24, 2.45) is 0 Å². The molecule has 0 saturated carbocycles. The van der Waals surface area contributed by atoms with Gasteiger partial charge < -0.3 is 10.0 Å². The molecule has 0 radical (unpaired) electrons. The summed E-state index contributed by atoms with van der Waals surface area (Å²) in [5.74, 6) is 0. The second-order valence-corrected chi connectivity index (χ2v) is 3.65. The van der Waals surface area contributed by atoms with E-state index in [0.29, 0.717) is 5.02 Å². The van der Waals surface area contributed by atoms with E-state index in [1.54, 1.807) is 13.0 Å². The van der Waals surface area contributed by atoms with Crippen LogP contribution in [0.3, 0.4) is 0 Å². The summed E-state index contributed by atoms with van der Waals surface area (Å²) in [6.45, 7) is 1.72. The summed E-state index contributed by atoms with van der Waals surface area (Å²) in [6, 6.07) is 5.61. The van der Waals surface area contributed by atoms with E-state index in [4.69, 9.17) is 11.6 Å². The summed E-state index contributed by atoms with van der Waals surface area (Å²) in [7, 11) is 3.86. The molecule has 1 rings (SSSR count). The van der Waals surface area contributed by atoms with Gasteiger partial charge in [0.2, 0.25) is 0 Å². The summed E-state index contributed by atoms with van der Waals surface area (Å²) in [5, 5.41) is 10.1. The fraction of sp³-hybridized carbons (Fsp3) is 0.400. The van der Waals surface area contributed by atoms with E-state index in [-0.39, 0.29) is 0 Å². The monoisotopic (exact) mass is 199 g/mol. The Morgan fingerprint density at radius 3 is 2.38 bits per heavy atom. The van der Waals surface area contributed by atoms with Crippen LogP contribution in [0.15, 0.2) is 18.2 Å². The van der Waals surface area contributed by atoms with Crippen molar-refractivity contribution in [1.29, 1.82) is 0 Å². The number of halogens is 1. The predicted molar refractivity (Wildman–Crippen MR) is 56.4 cm³/mol. The SMILES string of the molecule is CC(O)c1c(Cl)cccc1N(C)C. The standard InChI is InChI=1S/C10H14ClNO/c1-7(13)10-8(11)5-4-6-9(10)12(2)3/h4-7,13H,1-3H3. The molecule has 1 unspecified atom stereocenters. The third-order valence-electron chi connectivity index (χ3n) is 1.93. The highest BCUT2D eigenvalue weighted by atomic mass is 35.5. The average molecular weight is 200 g/mol. The van der Waals surface area contributed by atoms with Crippen LogP contribution in [-0.2, 0) is 0 Å². The Labute approximate surface area is 83.7 Å². The molecule has 13 heavy (non-hydrogen) atoms. The average Bonchev–Trinajstić information content (AvgIpc) is 2.02. The van der Waals surface area contributed by atoms with Crippen molar-refractivity contribution in [1.82, 2.24) is 0 Å². The lowest BCUT2D eigenvalue weighted by Crippen LogP contribution is -2.12. The highest BCUT2D eigenvalue weighted by Gasteiger charge is 2.12. The molecule has 1 aromatic rings. The van der Waals surface area contributed by atoms with Gasteiger partial charge in [-0.3, -0.25) is 0 Å². The quantitative estimate of drug-likeness (QED) is 0.791. The molecule has 0 spiro atoms. The molecule has 0 fully saturated rings. The van der Waals surface area contributed by atoms with Crippen molar-refractivity contribution in [2.45, 2.75) is 13.0 Å². The van der Waals surface area contributed by atoms with Gasteiger partial charge in [0.05, 0.1) is 6.10 Å². The van der Waals surface area contributed by atoms with Crippen molar-refractivity contribution < 1.29 is 5.11 Å². The van der Waals surface area contributed by atoms with Crippen LogP contribution in [0.25, 0.3) is 0 Å². The molecule has 0 heterocycles. The molecule has 72 valence electrons. The van der Waals surface area contributed by atoms with Crippen molar-refractivity contribution in [3.63, 3.8) is 0 Å². The third-order valence-corrected chi connectivity index (χ3v) is 2.26. The molecule has 0 amide bonds. The molecule has 0 aliphatic carbocycles. The normalized spacial score (nSPS) is 12.7. The van der Waals surface area contributed by atoms with Crippen molar-refractivity contribution in [3.8, 4) is 0 Å². The zero-order valence-electron chi connectivity index (χ0n) is 8.08. The van der Waals surface area contributed by atoms with Gasteiger partial charge in [0, 0.05) is 30.4 Å². The minimum atomic E-state index is -0.536. The van der Waals surface area contributed by atoms with Gasteiger partial charge in [-0.15, -0.1) is 0 Å². The summed E-state index contributed by atoms with van der Waals surface area (Å²) in [5.41, 5.74) is 1.75. The van der Waals surface area contributed by atoms with Crippen LogP contribution >= 0.6 is 11.6 Å². The van der Waals surface area contributed by atoms with Crippen molar-refractivity contribution in [2.75, 3.05) is 19.0 Å². The zero-order chi connectivity index (χ0) is 10.0. The van der Waals surface area contributed by atoms with Gasteiger partial charge in [-0.25, -0.2) is 0 Å². The minimum Gasteiger partial charge on any atom is -0.389 e. The lowest BCUT2D eigenvalue weighted by molar-refractivity contribution is 0.200. The van der Waals surface area contributed by atoms with Gasteiger partial charge in [0.25, 0.3) is 0 Å². The van der Waals surface area contributed by atoms with E-state index < -0.39 is 6.10 Å². The van der Waals surface area contributed by atoms with Crippen molar-refractivity contribution >= 4 is 17.3 Å². The first-order valence-electron chi connectivity index (χ1n) is 4.18. The Morgan fingerprint density at radius 2 is 2.00 bits per heavy atom. The number of hydrogen-bond donors (Lipinski definition) is 1. The number of anilines is 1. The van der Waals surface area contributed by atoms with E-state index >= 15 is 0 Å². The van der Waals surface area contributed by atoms with Gasteiger partial charge in [-0.2, -0.15) is 0 Å². The highest BCUT2D eigenvalue weighted by molar-refractivity contribution is 6.31. The Bertz CT molecular complexity index is 297. The predicted octanol–water partition coefficient (Wildman–Crippen LogP) is 2.46. The van der Waals surface area contributed by atoms with Gasteiger partial charge in [0.1, 0.15) is 0 Å².